The van der Waals surface area contributed by atoms with Crippen molar-refractivity contribution in [1.82, 2.24) is 9.55 Å². The fourth-order valence-electron chi connectivity index (χ4n) is 4.18. The maximum Gasteiger partial charge on any atom is 0.274 e. The molecule has 0 unspecified atom stereocenters. The molecule has 0 fully saturated rings. The van der Waals surface area contributed by atoms with Crippen LogP contribution in [0.15, 0.2) is 93.7 Å². The third-order valence-electron chi connectivity index (χ3n) is 6.06. The largest absolute Gasteiger partial charge is 0.457 e. The number of anilines is 1. The Kier molecular flexibility index (Phi) is 6.72. The lowest BCUT2D eigenvalue weighted by atomic mass is 10.0. The Morgan fingerprint density at radius 2 is 1.70 bits per heavy atom. The Labute approximate surface area is 227 Å². The van der Waals surface area contributed by atoms with Crippen LogP contribution in [0.5, 0.6) is 11.5 Å². The monoisotopic (exact) mass is 585 g/mol. The Hall–Kier alpha value is -4.49. The molecule has 0 saturated heterocycles. The molecule has 2 heterocycles. The van der Waals surface area contributed by atoms with Crippen LogP contribution in [0, 0.1) is 11.6 Å². The number of fused-ring (bicyclic) bond motifs is 1. The van der Waals surface area contributed by atoms with E-state index in [1.54, 1.807) is 25.5 Å². The van der Waals surface area contributed by atoms with Gasteiger partial charge in [-0.25, -0.2) is 25.6 Å². The minimum atomic E-state index is -4.40. The molecular weight excluding hydrogens is 564 g/mol. The zero-order valence-electron chi connectivity index (χ0n) is 21.0. The van der Waals surface area contributed by atoms with Gasteiger partial charge < -0.3 is 14.3 Å². The summed E-state index contributed by atoms with van der Waals surface area (Å²) in [5.74, 6) is -1.77. The number of sulfone groups is 1. The second kappa shape index (κ2) is 9.92. The van der Waals surface area contributed by atoms with E-state index in [0.29, 0.717) is 28.1 Å². The highest BCUT2D eigenvalue weighted by molar-refractivity contribution is 7.92. The Balaban J connectivity index is 1.57. The molecule has 0 radical (unpaired) electrons. The number of ether oxygens (including phenoxy) is 1. The van der Waals surface area contributed by atoms with Gasteiger partial charge in [-0.2, -0.15) is 0 Å². The highest BCUT2D eigenvalue weighted by Crippen LogP contribution is 2.38. The SMILES string of the molecule is Cn1cc(-c2cc(S(C)(=O)=O)ccc2Oc2cccc(NS(=O)(=O)c3ccc(F)cc3F)c2)c2cc[nH]c2c1=O. The van der Waals surface area contributed by atoms with Gasteiger partial charge in [-0.3, -0.25) is 9.52 Å². The summed E-state index contributed by atoms with van der Waals surface area (Å²) < 4.78 is 87.2. The van der Waals surface area contributed by atoms with Crippen molar-refractivity contribution in [3.05, 3.63) is 101 Å². The molecule has 9 nitrogen and oxygen atoms in total. The first kappa shape index (κ1) is 27.1. The second-order valence-electron chi connectivity index (χ2n) is 8.97. The number of pyridine rings is 1. The number of hydrogen-bond acceptors (Lipinski definition) is 6. The number of sulfonamides is 1. The van der Waals surface area contributed by atoms with E-state index in [1.807, 2.05) is 0 Å². The molecule has 206 valence electrons. The summed E-state index contributed by atoms with van der Waals surface area (Å²) >= 11 is 0. The second-order valence-corrected chi connectivity index (χ2v) is 12.6. The van der Waals surface area contributed by atoms with Gasteiger partial charge in [0.1, 0.15) is 33.5 Å². The summed E-state index contributed by atoms with van der Waals surface area (Å²) in [6.45, 7) is 0. The molecule has 0 aliphatic rings. The van der Waals surface area contributed by atoms with Crippen molar-refractivity contribution in [3.63, 3.8) is 0 Å². The van der Waals surface area contributed by atoms with E-state index < -0.39 is 36.4 Å². The van der Waals surface area contributed by atoms with Gasteiger partial charge in [-0.1, -0.05) is 6.07 Å². The predicted molar refractivity (Wildman–Crippen MR) is 146 cm³/mol. The molecule has 13 heteroatoms. The van der Waals surface area contributed by atoms with Crippen LogP contribution >= 0.6 is 0 Å². The average Bonchev–Trinajstić information content (AvgIpc) is 3.36. The molecule has 5 aromatic rings. The van der Waals surface area contributed by atoms with Crippen molar-refractivity contribution in [1.29, 1.82) is 0 Å². The maximum absolute atomic E-state index is 14.1. The van der Waals surface area contributed by atoms with Gasteiger partial charge in [-0.05, 0) is 48.5 Å². The van der Waals surface area contributed by atoms with Gasteiger partial charge in [0, 0.05) is 54.3 Å². The van der Waals surface area contributed by atoms with Crippen LogP contribution < -0.4 is 15.0 Å². The zero-order chi connectivity index (χ0) is 28.8. The minimum Gasteiger partial charge on any atom is -0.457 e. The molecule has 0 amide bonds. The first-order valence-electron chi connectivity index (χ1n) is 11.6. The van der Waals surface area contributed by atoms with Gasteiger partial charge in [0.05, 0.1) is 10.6 Å². The Morgan fingerprint density at radius 1 is 0.925 bits per heavy atom. The minimum absolute atomic E-state index is 0.0234. The average molecular weight is 586 g/mol. The molecule has 2 aromatic heterocycles. The molecule has 2 N–H and O–H groups in total. The van der Waals surface area contributed by atoms with Crippen LogP contribution in [0.1, 0.15) is 0 Å². The molecular formula is C27H21F2N3O6S2. The van der Waals surface area contributed by atoms with E-state index in [-0.39, 0.29) is 27.6 Å². The van der Waals surface area contributed by atoms with E-state index in [1.165, 1.54) is 47.0 Å². The molecule has 3 aromatic carbocycles. The molecule has 0 spiro atoms. The van der Waals surface area contributed by atoms with Gasteiger partial charge in [0.2, 0.25) is 0 Å². The highest BCUT2D eigenvalue weighted by Gasteiger charge is 2.21. The van der Waals surface area contributed by atoms with Crippen molar-refractivity contribution in [3.8, 4) is 22.6 Å². The van der Waals surface area contributed by atoms with E-state index in [0.717, 1.165) is 18.4 Å². The number of benzene rings is 3. The number of aromatic nitrogens is 2. The summed E-state index contributed by atoms with van der Waals surface area (Å²) in [5.41, 5.74) is 0.957. The normalized spacial score (nSPS) is 12.0. The van der Waals surface area contributed by atoms with Crippen LogP contribution in [0.3, 0.4) is 0 Å². The summed E-state index contributed by atoms with van der Waals surface area (Å²) in [6, 6.07) is 13.9. The van der Waals surface area contributed by atoms with E-state index >= 15 is 0 Å². The molecule has 0 saturated carbocycles. The van der Waals surface area contributed by atoms with Crippen LogP contribution in [-0.2, 0) is 26.9 Å². The van der Waals surface area contributed by atoms with Crippen molar-refractivity contribution in [2.24, 2.45) is 7.05 Å². The molecule has 40 heavy (non-hydrogen) atoms. The number of hydrogen-bond donors (Lipinski definition) is 2. The molecule has 0 aliphatic carbocycles. The third kappa shape index (κ3) is 5.20. The zero-order valence-corrected chi connectivity index (χ0v) is 22.6. The number of halogens is 2. The summed E-state index contributed by atoms with van der Waals surface area (Å²) in [7, 11) is -6.44. The van der Waals surface area contributed by atoms with Gasteiger partial charge in [0.15, 0.2) is 9.84 Å². The lowest BCUT2D eigenvalue weighted by Gasteiger charge is -2.15. The summed E-state index contributed by atoms with van der Waals surface area (Å²) in [6.07, 6.45) is 4.23. The smallest absolute Gasteiger partial charge is 0.274 e. The number of H-pyrrole nitrogens is 1. The summed E-state index contributed by atoms with van der Waals surface area (Å²) in [5, 5.41) is 0.543. The first-order valence-corrected chi connectivity index (χ1v) is 15.0. The number of nitrogens with one attached hydrogen (secondary N) is 2. The lowest BCUT2D eigenvalue weighted by molar-refractivity contribution is 0.484. The Morgan fingerprint density at radius 3 is 2.42 bits per heavy atom. The van der Waals surface area contributed by atoms with Crippen LogP contribution in [-0.4, -0.2) is 32.6 Å². The predicted octanol–water partition coefficient (Wildman–Crippen LogP) is 4.81. The van der Waals surface area contributed by atoms with Crippen molar-refractivity contribution in [2.75, 3.05) is 11.0 Å². The molecule has 0 atom stereocenters. The van der Waals surface area contributed by atoms with E-state index in [2.05, 4.69) is 9.71 Å². The lowest BCUT2D eigenvalue weighted by Crippen LogP contribution is -2.16. The van der Waals surface area contributed by atoms with Crippen LogP contribution in [0.4, 0.5) is 14.5 Å². The highest BCUT2D eigenvalue weighted by atomic mass is 32.2. The number of rotatable bonds is 7. The van der Waals surface area contributed by atoms with Crippen LogP contribution in [0.2, 0.25) is 0 Å². The molecule has 0 aliphatic heterocycles. The first-order chi connectivity index (χ1) is 18.8. The van der Waals surface area contributed by atoms with Gasteiger partial charge in [0.25, 0.3) is 15.6 Å². The van der Waals surface area contributed by atoms with E-state index in [9.17, 15) is 30.4 Å². The van der Waals surface area contributed by atoms with Gasteiger partial charge in [-0.15, -0.1) is 0 Å². The number of nitrogens with zero attached hydrogens (tertiary/aromatic N) is 1. The fourth-order valence-corrected chi connectivity index (χ4v) is 5.93. The van der Waals surface area contributed by atoms with Crippen molar-refractivity contribution < 1.29 is 30.4 Å². The Bertz CT molecular complexity index is 2070. The van der Waals surface area contributed by atoms with E-state index in [4.69, 9.17) is 4.74 Å². The summed E-state index contributed by atoms with van der Waals surface area (Å²) in [4.78, 5) is 14.8. The number of aryl methyl sites for hydroxylation is 1. The van der Waals surface area contributed by atoms with Crippen molar-refractivity contribution in [2.45, 2.75) is 9.79 Å². The van der Waals surface area contributed by atoms with Crippen LogP contribution in [0.25, 0.3) is 22.0 Å². The third-order valence-corrected chi connectivity index (χ3v) is 8.59. The number of aromatic amines is 1. The topological polar surface area (TPSA) is 127 Å². The maximum atomic E-state index is 14.1. The fraction of sp³-hybridized carbons (Fsp3) is 0.0741. The molecule has 0 bridgehead atoms. The quantitative estimate of drug-likeness (QED) is 0.282. The molecule has 5 rings (SSSR count). The standard InChI is InChI=1S/C27H21F2N3O6S2/c1-32-15-22(20-10-11-30-26(20)27(32)33)21-14-19(39(2,34)35)7-8-24(21)38-18-5-3-4-17(13-18)31-40(36,37)25-9-6-16(28)12-23(25)29/h3-15,30-31H,1-2H3. The van der Waals surface area contributed by atoms with Crippen molar-refractivity contribution >= 4 is 36.5 Å². The van der Waals surface area contributed by atoms with Gasteiger partial charge >= 0.3 is 0 Å².